The first kappa shape index (κ1) is 8.59. The zero-order valence-corrected chi connectivity index (χ0v) is 8.45. The molecule has 1 N–H and O–H groups in total. The maximum atomic E-state index is 11.0. The molecule has 3 rings (SSSR count). The second-order valence-corrected chi connectivity index (χ2v) is 4.05. The van der Waals surface area contributed by atoms with E-state index < -0.39 is 0 Å². The van der Waals surface area contributed by atoms with E-state index in [1.165, 1.54) is 0 Å². The van der Waals surface area contributed by atoms with E-state index in [0.717, 1.165) is 41.5 Å². The minimum Gasteiger partial charge on any atom is -0.346 e. The van der Waals surface area contributed by atoms with Gasteiger partial charge in [-0.3, -0.25) is 4.79 Å². The number of aromatic amines is 1. The number of carbonyl (C=O) groups excluding carboxylic acids is 1. The lowest BCUT2D eigenvalue weighted by molar-refractivity contribution is 0.112. The molecule has 0 bridgehead atoms. The molecule has 4 heteroatoms. The van der Waals surface area contributed by atoms with Crippen molar-refractivity contribution in [3.05, 3.63) is 23.3 Å². The van der Waals surface area contributed by atoms with Crippen LogP contribution in [0.15, 0.2) is 6.20 Å². The number of aryl methyl sites for hydroxylation is 1. The highest BCUT2D eigenvalue weighted by Gasteiger charge is 2.27. The maximum Gasteiger partial charge on any atom is 0.169 e. The largest absolute Gasteiger partial charge is 0.346 e. The Morgan fingerprint density at radius 3 is 2.93 bits per heavy atom. The SMILES string of the molecule is Cc1c[nH]c2nc(C3CC3)nc(C=O)c12. The number of carbonyl (C=O) groups is 1. The van der Waals surface area contributed by atoms with E-state index in [1.54, 1.807) is 0 Å². The van der Waals surface area contributed by atoms with Gasteiger partial charge in [0.15, 0.2) is 6.29 Å². The lowest BCUT2D eigenvalue weighted by Crippen LogP contribution is -1.98. The van der Waals surface area contributed by atoms with Crippen molar-refractivity contribution >= 4 is 17.3 Å². The van der Waals surface area contributed by atoms with Gasteiger partial charge in [0.05, 0.1) is 5.39 Å². The average molecular weight is 201 g/mol. The van der Waals surface area contributed by atoms with Crippen LogP contribution < -0.4 is 0 Å². The third-order valence-electron chi connectivity index (χ3n) is 2.83. The number of H-pyrrole nitrogens is 1. The summed E-state index contributed by atoms with van der Waals surface area (Å²) in [5.74, 6) is 1.28. The van der Waals surface area contributed by atoms with Gasteiger partial charge in [-0.2, -0.15) is 0 Å². The molecule has 0 amide bonds. The first-order valence-electron chi connectivity index (χ1n) is 5.10. The molecule has 0 aromatic carbocycles. The molecule has 2 aromatic heterocycles. The molecule has 0 spiro atoms. The van der Waals surface area contributed by atoms with Gasteiger partial charge in [-0.1, -0.05) is 0 Å². The van der Waals surface area contributed by atoms with Crippen LogP contribution in [-0.4, -0.2) is 21.2 Å². The predicted molar refractivity (Wildman–Crippen MR) is 56.0 cm³/mol. The van der Waals surface area contributed by atoms with E-state index in [2.05, 4.69) is 15.0 Å². The van der Waals surface area contributed by atoms with E-state index in [1.807, 2.05) is 13.1 Å². The Balaban J connectivity index is 2.31. The van der Waals surface area contributed by atoms with Crippen LogP contribution in [-0.2, 0) is 0 Å². The molecule has 1 fully saturated rings. The highest BCUT2D eigenvalue weighted by atomic mass is 16.1. The average Bonchev–Trinajstić information content (AvgIpc) is 3.03. The lowest BCUT2D eigenvalue weighted by atomic mass is 10.2. The van der Waals surface area contributed by atoms with Crippen molar-refractivity contribution < 1.29 is 4.79 Å². The predicted octanol–water partition coefficient (Wildman–Crippen LogP) is 1.96. The monoisotopic (exact) mass is 201 g/mol. The van der Waals surface area contributed by atoms with Gasteiger partial charge < -0.3 is 4.98 Å². The molecule has 0 unspecified atom stereocenters. The molecule has 4 nitrogen and oxygen atoms in total. The third-order valence-corrected chi connectivity index (χ3v) is 2.83. The smallest absolute Gasteiger partial charge is 0.169 e. The molecule has 2 heterocycles. The fourth-order valence-electron chi connectivity index (χ4n) is 1.85. The number of rotatable bonds is 2. The van der Waals surface area contributed by atoms with Gasteiger partial charge in [0.1, 0.15) is 17.2 Å². The molecule has 2 aromatic rings. The molecule has 1 aliphatic rings. The molecule has 1 aliphatic carbocycles. The first-order chi connectivity index (χ1) is 7.29. The van der Waals surface area contributed by atoms with Crippen LogP contribution in [0.5, 0.6) is 0 Å². The minimum absolute atomic E-state index is 0.469. The van der Waals surface area contributed by atoms with Gasteiger partial charge in [-0.25, -0.2) is 9.97 Å². The van der Waals surface area contributed by atoms with Crippen molar-refractivity contribution in [2.24, 2.45) is 0 Å². The van der Waals surface area contributed by atoms with Crippen LogP contribution >= 0.6 is 0 Å². The highest BCUT2D eigenvalue weighted by molar-refractivity contribution is 5.95. The van der Waals surface area contributed by atoms with Crippen molar-refractivity contribution in [3.63, 3.8) is 0 Å². The Morgan fingerprint density at radius 2 is 2.27 bits per heavy atom. The summed E-state index contributed by atoms with van der Waals surface area (Å²) in [5, 5.41) is 0.856. The van der Waals surface area contributed by atoms with Crippen LogP contribution in [0.4, 0.5) is 0 Å². The summed E-state index contributed by atoms with van der Waals surface area (Å²) in [7, 11) is 0. The van der Waals surface area contributed by atoms with Crippen molar-refractivity contribution in [1.29, 1.82) is 0 Å². The number of aldehydes is 1. The standard InChI is InChI=1S/C11H11N3O/c1-6-4-12-11-9(6)8(5-15)13-10(14-11)7-2-3-7/h4-5,7H,2-3H2,1H3,(H,12,13,14). The highest BCUT2D eigenvalue weighted by Crippen LogP contribution is 2.38. The number of nitrogens with one attached hydrogen (secondary N) is 1. The molecule has 15 heavy (non-hydrogen) atoms. The third kappa shape index (κ3) is 1.25. The van der Waals surface area contributed by atoms with Crippen LogP contribution in [0.1, 0.15) is 40.6 Å². The van der Waals surface area contributed by atoms with E-state index in [9.17, 15) is 4.79 Å². The molecule has 1 saturated carbocycles. The Bertz CT molecular complexity index is 540. The van der Waals surface area contributed by atoms with Crippen molar-refractivity contribution in [2.45, 2.75) is 25.7 Å². The second-order valence-electron chi connectivity index (χ2n) is 4.05. The number of nitrogens with zero attached hydrogens (tertiary/aromatic N) is 2. The summed E-state index contributed by atoms with van der Waals surface area (Å²) >= 11 is 0. The van der Waals surface area contributed by atoms with E-state index in [0.29, 0.717) is 11.6 Å². The summed E-state index contributed by atoms with van der Waals surface area (Å²) in [6.07, 6.45) is 4.97. The van der Waals surface area contributed by atoms with Crippen LogP contribution in [0, 0.1) is 6.92 Å². The Hall–Kier alpha value is -1.71. The molecule has 0 atom stereocenters. The summed E-state index contributed by atoms with van der Waals surface area (Å²) in [6.45, 7) is 1.95. The van der Waals surface area contributed by atoms with Crippen LogP contribution in [0.25, 0.3) is 11.0 Å². The van der Waals surface area contributed by atoms with Gasteiger partial charge in [0.25, 0.3) is 0 Å². The van der Waals surface area contributed by atoms with Gasteiger partial charge in [0.2, 0.25) is 0 Å². The topological polar surface area (TPSA) is 58.6 Å². The number of hydrogen-bond donors (Lipinski definition) is 1. The minimum atomic E-state index is 0.469. The van der Waals surface area contributed by atoms with Gasteiger partial charge >= 0.3 is 0 Å². The van der Waals surface area contributed by atoms with Crippen LogP contribution in [0.3, 0.4) is 0 Å². The normalized spacial score (nSPS) is 15.8. The Kier molecular flexibility index (Phi) is 1.65. The first-order valence-corrected chi connectivity index (χ1v) is 5.10. The summed E-state index contributed by atoms with van der Waals surface area (Å²) in [5.41, 5.74) is 2.32. The summed E-state index contributed by atoms with van der Waals surface area (Å²) < 4.78 is 0. The zero-order valence-electron chi connectivity index (χ0n) is 8.45. The van der Waals surface area contributed by atoms with Gasteiger partial charge in [-0.05, 0) is 25.3 Å². The fraction of sp³-hybridized carbons (Fsp3) is 0.364. The Labute approximate surface area is 86.7 Å². The fourth-order valence-corrected chi connectivity index (χ4v) is 1.85. The second kappa shape index (κ2) is 2.89. The summed E-state index contributed by atoms with van der Waals surface area (Å²) in [6, 6.07) is 0. The lowest BCUT2D eigenvalue weighted by Gasteiger charge is -2.00. The quantitative estimate of drug-likeness (QED) is 0.755. The molecule has 0 aliphatic heterocycles. The number of aromatic nitrogens is 3. The van der Waals surface area contributed by atoms with E-state index in [4.69, 9.17) is 0 Å². The molecular weight excluding hydrogens is 190 g/mol. The van der Waals surface area contributed by atoms with Crippen molar-refractivity contribution in [3.8, 4) is 0 Å². The van der Waals surface area contributed by atoms with Crippen molar-refractivity contribution in [2.75, 3.05) is 0 Å². The van der Waals surface area contributed by atoms with Crippen LogP contribution in [0.2, 0.25) is 0 Å². The molecule has 0 radical (unpaired) electrons. The zero-order chi connectivity index (χ0) is 10.4. The van der Waals surface area contributed by atoms with E-state index >= 15 is 0 Å². The van der Waals surface area contributed by atoms with Crippen molar-refractivity contribution in [1.82, 2.24) is 15.0 Å². The molecule has 76 valence electrons. The molecule has 0 saturated heterocycles. The number of fused-ring (bicyclic) bond motifs is 1. The molecular formula is C11H11N3O. The Morgan fingerprint density at radius 1 is 1.47 bits per heavy atom. The van der Waals surface area contributed by atoms with E-state index in [-0.39, 0.29) is 0 Å². The van der Waals surface area contributed by atoms with Gasteiger partial charge in [0, 0.05) is 12.1 Å². The summed E-state index contributed by atoms with van der Waals surface area (Å²) in [4.78, 5) is 22.8. The maximum absolute atomic E-state index is 11.0. The van der Waals surface area contributed by atoms with Gasteiger partial charge in [-0.15, -0.1) is 0 Å². The number of hydrogen-bond acceptors (Lipinski definition) is 3.